The molecule has 0 spiro atoms. The van der Waals surface area contributed by atoms with Crippen LogP contribution < -0.4 is 15.2 Å². The molecule has 0 aromatic heterocycles. The van der Waals surface area contributed by atoms with Crippen LogP contribution in [0.15, 0.2) is 18.2 Å². The van der Waals surface area contributed by atoms with Crippen LogP contribution in [-0.2, 0) is 0 Å². The van der Waals surface area contributed by atoms with Crippen molar-refractivity contribution in [3.05, 3.63) is 23.8 Å². The summed E-state index contributed by atoms with van der Waals surface area (Å²) in [5.41, 5.74) is 7.69. The zero-order chi connectivity index (χ0) is 14.7. The van der Waals surface area contributed by atoms with Gasteiger partial charge in [0.2, 0.25) is 0 Å². The predicted octanol–water partition coefficient (Wildman–Crippen LogP) is 2.72. The molecule has 1 fully saturated rings. The van der Waals surface area contributed by atoms with Crippen LogP contribution in [0.2, 0.25) is 0 Å². The molecule has 2 N–H and O–H groups in total. The van der Waals surface area contributed by atoms with E-state index in [9.17, 15) is 0 Å². The van der Waals surface area contributed by atoms with Crippen molar-refractivity contribution in [3.63, 3.8) is 0 Å². The molecule has 21 heavy (non-hydrogen) atoms. The summed E-state index contributed by atoms with van der Waals surface area (Å²) < 4.78 is 11.5. The average Bonchev–Trinajstić information content (AvgIpc) is 2.72. The maximum absolute atomic E-state index is 6.42. The van der Waals surface area contributed by atoms with Crippen LogP contribution in [0.5, 0.6) is 11.5 Å². The van der Waals surface area contributed by atoms with E-state index in [0.717, 1.165) is 57.1 Å². The molecule has 2 heterocycles. The van der Waals surface area contributed by atoms with Crippen LogP contribution in [0.25, 0.3) is 0 Å². The van der Waals surface area contributed by atoms with Gasteiger partial charge in [-0.05, 0) is 50.0 Å². The molecule has 0 bridgehead atoms. The SMILES string of the molecule is CCCN1CCCC(N)C1c1ccc2c(c1)OCCCO2. The van der Waals surface area contributed by atoms with Gasteiger partial charge in [0.15, 0.2) is 11.5 Å². The average molecular weight is 290 g/mol. The molecule has 0 amide bonds. The van der Waals surface area contributed by atoms with E-state index in [0.29, 0.717) is 6.04 Å². The fraction of sp³-hybridized carbons (Fsp3) is 0.647. The van der Waals surface area contributed by atoms with Gasteiger partial charge in [-0.25, -0.2) is 0 Å². The maximum Gasteiger partial charge on any atom is 0.161 e. The number of benzene rings is 1. The normalized spacial score (nSPS) is 26.4. The van der Waals surface area contributed by atoms with E-state index >= 15 is 0 Å². The Morgan fingerprint density at radius 2 is 2.00 bits per heavy atom. The van der Waals surface area contributed by atoms with E-state index in [4.69, 9.17) is 15.2 Å². The monoisotopic (exact) mass is 290 g/mol. The minimum Gasteiger partial charge on any atom is -0.490 e. The van der Waals surface area contributed by atoms with Crippen molar-refractivity contribution in [1.29, 1.82) is 0 Å². The van der Waals surface area contributed by atoms with Gasteiger partial charge in [0.25, 0.3) is 0 Å². The number of piperidine rings is 1. The van der Waals surface area contributed by atoms with Crippen molar-refractivity contribution < 1.29 is 9.47 Å². The van der Waals surface area contributed by atoms with Crippen LogP contribution in [-0.4, -0.2) is 37.2 Å². The molecule has 0 radical (unpaired) electrons. The molecule has 1 saturated heterocycles. The summed E-state index contributed by atoms with van der Waals surface area (Å²) in [5, 5.41) is 0. The van der Waals surface area contributed by atoms with Gasteiger partial charge in [0.1, 0.15) is 0 Å². The minimum absolute atomic E-state index is 0.204. The zero-order valence-corrected chi connectivity index (χ0v) is 12.9. The Morgan fingerprint density at radius 3 is 2.81 bits per heavy atom. The lowest BCUT2D eigenvalue weighted by Crippen LogP contribution is -2.46. The fourth-order valence-corrected chi connectivity index (χ4v) is 3.46. The second-order valence-electron chi connectivity index (χ2n) is 6.04. The highest BCUT2D eigenvalue weighted by Crippen LogP contribution is 2.36. The molecule has 0 aliphatic carbocycles. The molecule has 0 saturated carbocycles. The van der Waals surface area contributed by atoms with E-state index in [-0.39, 0.29) is 6.04 Å². The lowest BCUT2D eigenvalue weighted by Gasteiger charge is -2.40. The molecule has 3 rings (SSSR count). The van der Waals surface area contributed by atoms with Gasteiger partial charge in [-0.2, -0.15) is 0 Å². The third kappa shape index (κ3) is 3.16. The maximum atomic E-state index is 6.42. The summed E-state index contributed by atoms with van der Waals surface area (Å²) in [5.74, 6) is 1.74. The summed E-state index contributed by atoms with van der Waals surface area (Å²) in [6.45, 7) is 5.93. The van der Waals surface area contributed by atoms with E-state index in [1.54, 1.807) is 0 Å². The molecule has 2 aliphatic heterocycles. The first-order valence-corrected chi connectivity index (χ1v) is 8.18. The number of hydrogen-bond acceptors (Lipinski definition) is 4. The number of nitrogens with two attached hydrogens (primary N) is 1. The van der Waals surface area contributed by atoms with E-state index < -0.39 is 0 Å². The highest BCUT2D eigenvalue weighted by Gasteiger charge is 2.30. The molecular formula is C17H26N2O2. The fourth-order valence-electron chi connectivity index (χ4n) is 3.46. The number of likely N-dealkylation sites (tertiary alicyclic amines) is 1. The van der Waals surface area contributed by atoms with Gasteiger partial charge < -0.3 is 15.2 Å². The first kappa shape index (κ1) is 14.7. The minimum atomic E-state index is 0.204. The Labute approximate surface area is 127 Å². The molecule has 2 aliphatic rings. The summed E-state index contributed by atoms with van der Waals surface area (Å²) in [4.78, 5) is 2.52. The van der Waals surface area contributed by atoms with Crippen LogP contribution in [0.3, 0.4) is 0 Å². The topological polar surface area (TPSA) is 47.7 Å². The number of fused-ring (bicyclic) bond motifs is 1. The number of nitrogens with zero attached hydrogens (tertiary/aromatic N) is 1. The number of rotatable bonds is 3. The van der Waals surface area contributed by atoms with Gasteiger partial charge in [0.05, 0.1) is 19.3 Å². The van der Waals surface area contributed by atoms with Crippen LogP contribution >= 0.6 is 0 Å². The lowest BCUT2D eigenvalue weighted by molar-refractivity contribution is 0.128. The quantitative estimate of drug-likeness (QED) is 0.930. The number of hydrogen-bond donors (Lipinski definition) is 1. The van der Waals surface area contributed by atoms with E-state index in [1.165, 1.54) is 12.0 Å². The molecule has 4 heteroatoms. The second-order valence-corrected chi connectivity index (χ2v) is 6.04. The zero-order valence-electron chi connectivity index (χ0n) is 12.9. The van der Waals surface area contributed by atoms with Crippen molar-refractivity contribution in [2.24, 2.45) is 5.73 Å². The first-order chi connectivity index (χ1) is 10.3. The van der Waals surface area contributed by atoms with Crippen LogP contribution in [0.1, 0.15) is 44.2 Å². The second kappa shape index (κ2) is 6.67. The molecule has 4 nitrogen and oxygen atoms in total. The van der Waals surface area contributed by atoms with Crippen molar-refractivity contribution in [1.82, 2.24) is 4.90 Å². The predicted molar refractivity (Wildman–Crippen MR) is 83.9 cm³/mol. The molecule has 1 aromatic carbocycles. The lowest BCUT2D eigenvalue weighted by atomic mass is 9.90. The highest BCUT2D eigenvalue weighted by atomic mass is 16.5. The Morgan fingerprint density at radius 1 is 1.19 bits per heavy atom. The summed E-state index contributed by atoms with van der Waals surface area (Å²) in [7, 11) is 0. The third-order valence-electron chi connectivity index (χ3n) is 4.41. The highest BCUT2D eigenvalue weighted by molar-refractivity contribution is 5.44. The Balaban J connectivity index is 1.88. The third-order valence-corrected chi connectivity index (χ3v) is 4.41. The smallest absolute Gasteiger partial charge is 0.161 e. The Kier molecular flexibility index (Phi) is 4.66. The molecular weight excluding hydrogens is 264 g/mol. The van der Waals surface area contributed by atoms with Crippen molar-refractivity contribution in [3.8, 4) is 11.5 Å². The summed E-state index contributed by atoms with van der Waals surface area (Å²) in [6, 6.07) is 6.85. The van der Waals surface area contributed by atoms with E-state index in [2.05, 4.69) is 24.0 Å². The van der Waals surface area contributed by atoms with Crippen molar-refractivity contribution in [2.45, 2.75) is 44.7 Å². The summed E-state index contributed by atoms with van der Waals surface area (Å²) in [6.07, 6.45) is 4.39. The first-order valence-electron chi connectivity index (χ1n) is 8.18. The van der Waals surface area contributed by atoms with Gasteiger partial charge in [-0.1, -0.05) is 13.0 Å². The molecule has 2 atom stereocenters. The number of ether oxygens (including phenoxy) is 2. The van der Waals surface area contributed by atoms with E-state index in [1.807, 2.05) is 6.07 Å². The van der Waals surface area contributed by atoms with Gasteiger partial charge in [-0.3, -0.25) is 4.90 Å². The van der Waals surface area contributed by atoms with Crippen molar-refractivity contribution in [2.75, 3.05) is 26.3 Å². The standard InChI is InChI=1S/C17H26N2O2/c1-2-8-19-9-3-5-14(18)17(19)13-6-7-15-16(12-13)21-11-4-10-20-15/h6-7,12,14,17H,2-5,8-11,18H2,1H3. The Bertz CT molecular complexity index is 476. The van der Waals surface area contributed by atoms with Crippen LogP contribution in [0, 0.1) is 0 Å². The van der Waals surface area contributed by atoms with Gasteiger partial charge >= 0.3 is 0 Å². The molecule has 2 unspecified atom stereocenters. The summed E-state index contributed by atoms with van der Waals surface area (Å²) >= 11 is 0. The van der Waals surface area contributed by atoms with Crippen molar-refractivity contribution >= 4 is 0 Å². The Hall–Kier alpha value is -1.26. The molecule has 116 valence electrons. The van der Waals surface area contributed by atoms with Gasteiger partial charge in [0, 0.05) is 12.5 Å². The van der Waals surface area contributed by atoms with Crippen LogP contribution in [0.4, 0.5) is 0 Å². The largest absolute Gasteiger partial charge is 0.490 e. The molecule has 1 aromatic rings. The van der Waals surface area contributed by atoms with Gasteiger partial charge in [-0.15, -0.1) is 0 Å².